The predicted octanol–water partition coefficient (Wildman–Crippen LogP) is 1.98. The lowest BCUT2D eigenvalue weighted by Gasteiger charge is -2.34. The Morgan fingerprint density at radius 1 is 1.00 bits per heavy atom. The zero-order valence-electron chi connectivity index (χ0n) is 12.6. The highest BCUT2D eigenvalue weighted by atomic mass is 16.4. The van der Waals surface area contributed by atoms with Gasteiger partial charge in [0.25, 0.3) is 0 Å². The third-order valence-electron chi connectivity index (χ3n) is 4.09. The van der Waals surface area contributed by atoms with E-state index >= 15 is 0 Å². The van der Waals surface area contributed by atoms with E-state index < -0.39 is 23.8 Å². The van der Waals surface area contributed by atoms with E-state index in [1.165, 1.54) is 11.3 Å². The highest BCUT2D eigenvalue weighted by Gasteiger charge is 2.39. The molecule has 120 valence electrons. The molecule has 1 fully saturated rings. The average molecular weight is 299 g/mol. The number of rotatable bonds is 8. The van der Waals surface area contributed by atoms with Gasteiger partial charge in [0.1, 0.15) is 0 Å². The van der Waals surface area contributed by atoms with Gasteiger partial charge in [-0.2, -0.15) is 0 Å². The smallest absolute Gasteiger partial charge is 0.309 e. The second-order valence-corrected chi connectivity index (χ2v) is 5.68. The lowest BCUT2D eigenvalue weighted by Crippen LogP contribution is -2.48. The van der Waals surface area contributed by atoms with Crippen LogP contribution in [0.15, 0.2) is 0 Å². The average Bonchev–Trinajstić information content (AvgIpc) is 2.46. The number of carboxylic acids is 2. The Labute approximate surface area is 125 Å². The summed E-state index contributed by atoms with van der Waals surface area (Å²) in [5.41, 5.74) is 0. The number of carbonyl (C=O) groups is 3. The van der Waals surface area contributed by atoms with E-state index in [0.717, 1.165) is 25.7 Å². The fourth-order valence-electron chi connectivity index (χ4n) is 2.76. The Bertz CT molecular complexity index is 382. The number of amides is 1. The second kappa shape index (κ2) is 8.64. The van der Waals surface area contributed by atoms with E-state index in [2.05, 4.69) is 6.92 Å². The summed E-state index contributed by atoms with van der Waals surface area (Å²) in [7, 11) is 0. The fraction of sp³-hybridized carbons (Fsp3) is 0.800. The maximum atomic E-state index is 12.1. The molecule has 1 amide bonds. The first-order valence-corrected chi connectivity index (χ1v) is 7.70. The molecule has 0 aromatic carbocycles. The lowest BCUT2D eigenvalue weighted by atomic mass is 9.85. The molecule has 1 rings (SSSR count). The van der Waals surface area contributed by atoms with Crippen molar-refractivity contribution in [1.82, 2.24) is 4.90 Å². The van der Waals surface area contributed by atoms with Gasteiger partial charge in [-0.15, -0.1) is 0 Å². The van der Waals surface area contributed by atoms with Crippen molar-refractivity contribution in [2.75, 3.05) is 13.1 Å². The van der Waals surface area contributed by atoms with Gasteiger partial charge in [0.05, 0.1) is 11.8 Å². The van der Waals surface area contributed by atoms with Crippen LogP contribution in [-0.2, 0) is 14.4 Å². The minimum atomic E-state index is -1.14. The maximum absolute atomic E-state index is 12.1. The summed E-state index contributed by atoms with van der Waals surface area (Å²) in [5, 5.41) is 18.2. The molecule has 0 saturated carbocycles. The Morgan fingerprint density at radius 2 is 1.62 bits per heavy atom. The topological polar surface area (TPSA) is 94.9 Å². The first-order valence-electron chi connectivity index (χ1n) is 7.70. The zero-order valence-corrected chi connectivity index (χ0v) is 12.6. The van der Waals surface area contributed by atoms with Crippen molar-refractivity contribution in [2.45, 2.75) is 51.9 Å². The van der Waals surface area contributed by atoms with E-state index in [0.29, 0.717) is 13.0 Å². The Kier molecular flexibility index (Phi) is 7.19. The Morgan fingerprint density at radius 3 is 2.19 bits per heavy atom. The Hall–Kier alpha value is -1.59. The monoisotopic (exact) mass is 299 g/mol. The molecule has 6 heteroatoms. The quantitative estimate of drug-likeness (QED) is 0.668. The standard InChI is InChI=1S/C15H25NO5/c1-2-3-4-5-6-7-13(17)16-9-8-11(14(18)19)12(10-16)15(20)21/h11-12H,2-10H2,1H3,(H,18,19)(H,20,21). The van der Waals surface area contributed by atoms with Crippen molar-refractivity contribution < 1.29 is 24.6 Å². The first kappa shape index (κ1) is 17.5. The van der Waals surface area contributed by atoms with Gasteiger partial charge in [0.2, 0.25) is 5.91 Å². The molecular formula is C15H25NO5. The molecule has 6 nitrogen and oxygen atoms in total. The van der Waals surface area contributed by atoms with Crippen LogP contribution in [0, 0.1) is 11.8 Å². The van der Waals surface area contributed by atoms with E-state index in [1.54, 1.807) is 0 Å². The summed E-state index contributed by atoms with van der Waals surface area (Å²) in [5.74, 6) is -4.17. The number of piperidine rings is 1. The van der Waals surface area contributed by atoms with Crippen LogP contribution in [0.25, 0.3) is 0 Å². The normalized spacial score (nSPS) is 22.0. The number of aliphatic carboxylic acids is 2. The largest absolute Gasteiger partial charge is 0.481 e. The maximum Gasteiger partial charge on any atom is 0.309 e. The molecule has 0 aromatic rings. The van der Waals surface area contributed by atoms with Gasteiger partial charge < -0.3 is 15.1 Å². The lowest BCUT2D eigenvalue weighted by molar-refractivity contribution is -0.159. The number of nitrogens with zero attached hydrogens (tertiary/aromatic N) is 1. The van der Waals surface area contributed by atoms with Crippen LogP contribution in [0.4, 0.5) is 0 Å². The Balaban J connectivity index is 2.44. The number of likely N-dealkylation sites (tertiary alicyclic amines) is 1. The third kappa shape index (κ3) is 5.36. The molecule has 21 heavy (non-hydrogen) atoms. The molecule has 0 aliphatic carbocycles. The molecule has 0 spiro atoms. The summed E-state index contributed by atoms with van der Waals surface area (Å²) in [6, 6.07) is 0. The number of hydrogen-bond donors (Lipinski definition) is 2. The molecule has 1 saturated heterocycles. The van der Waals surface area contributed by atoms with Gasteiger partial charge in [0.15, 0.2) is 0 Å². The van der Waals surface area contributed by atoms with Gasteiger partial charge >= 0.3 is 11.9 Å². The molecule has 0 bridgehead atoms. The zero-order chi connectivity index (χ0) is 15.8. The van der Waals surface area contributed by atoms with Crippen molar-refractivity contribution in [2.24, 2.45) is 11.8 Å². The molecule has 1 heterocycles. The highest BCUT2D eigenvalue weighted by Crippen LogP contribution is 2.25. The van der Waals surface area contributed by atoms with E-state index in [4.69, 9.17) is 10.2 Å². The molecule has 0 aromatic heterocycles. The van der Waals surface area contributed by atoms with Gasteiger partial charge in [-0.25, -0.2) is 0 Å². The number of carboxylic acid groups (broad SMARTS) is 2. The number of hydrogen-bond acceptors (Lipinski definition) is 3. The molecule has 2 atom stereocenters. The van der Waals surface area contributed by atoms with Crippen LogP contribution in [0.5, 0.6) is 0 Å². The highest BCUT2D eigenvalue weighted by molar-refractivity contribution is 5.82. The molecular weight excluding hydrogens is 274 g/mol. The molecule has 0 radical (unpaired) electrons. The van der Waals surface area contributed by atoms with Gasteiger partial charge in [-0.1, -0.05) is 32.6 Å². The van der Waals surface area contributed by atoms with Gasteiger partial charge in [0, 0.05) is 19.5 Å². The summed E-state index contributed by atoms with van der Waals surface area (Å²) in [6.45, 7) is 2.48. The minimum Gasteiger partial charge on any atom is -0.481 e. The van der Waals surface area contributed by atoms with Crippen LogP contribution < -0.4 is 0 Å². The molecule has 2 N–H and O–H groups in total. The summed E-state index contributed by atoms with van der Waals surface area (Å²) >= 11 is 0. The SMILES string of the molecule is CCCCCCCC(=O)N1CCC(C(=O)O)C(C(=O)O)C1. The van der Waals surface area contributed by atoms with Crippen molar-refractivity contribution in [3.63, 3.8) is 0 Å². The predicted molar refractivity (Wildman–Crippen MR) is 76.8 cm³/mol. The van der Waals surface area contributed by atoms with E-state index in [9.17, 15) is 14.4 Å². The van der Waals surface area contributed by atoms with Crippen LogP contribution in [0.1, 0.15) is 51.9 Å². The fourth-order valence-corrected chi connectivity index (χ4v) is 2.76. The summed E-state index contributed by atoms with van der Waals surface area (Å²) in [6.07, 6.45) is 5.89. The van der Waals surface area contributed by atoms with Crippen LogP contribution in [-0.4, -0.2) is 46.0 Å². The molecule has 2 unspecified atom stereocenters. The number of carbonyl (C=O) groups excluding carboxylic acids is 1. The third-order valence-corrected chi connectivity index (χ3v) is 4.09. The van der Waals surface area contributed by atoms with Crippen LogP contribution in [0.3, 0.4) is 0 Å². The molecule has 1 aliphatic rings. The van der Waals surface area contributed by atoms with Crippen LogP contribution >= 0.6 is 0 Å². The minimum absolute atomic E-state index is 0.0140. The van der Waals surface area contributed by atoms with E-state index in [1.807, 2.05) is 0 Å². The van der Waals surface area contributed by atoms with Gasteiger partial charge in [-0.3, -0.25) is 14.4 Å². The van der Waals surface area contributed by atoms with E-state index in [-0.39, 0.29) is 18.9 Å². The second-order valence-electron chi connectivity index (χ2n) is 5.68. The van der Waals surface area contributed by atoms with Crippen molar-refractivity contribution in [3.8, 4) is 0 Å². The summed E-state index contributed by atoms with van der Waals surface area (Å²) in [4.78, 5) is 35.8. The number of unbranched alkanes of at least 4 members (excludes halogenated alkanes) is 4. The first-order chi connectivity index (χ1) is 9.97. The summed E-state index contributed by atoms with van der Waals surface area (Å²) < 4.78 is 0. The van der Waals surface area contributed by atoms with Crippen molar-refractivity contribution in [3.05, 3.63) is 0 Å². The van der Waals surface area contributed by atoms with Crippen LogP contribution in [0.2, 0.25) is 0 Å². The van der Waals surface area contributed by atoms with Gasteiger partial charge in [-0.05, 0) is 12.8 Å². The van der Waals surface area contributed by atoms with Crippen molar-refractivity contribution >= 4 is 17.8 Å². The van der Waals surface area contributed by atoms with Crippen molar-refractivity contribution in [1.29, 1.82) is 0 Å². The molecule has 1 aliphatic heterocycles.